The molecule has 2 aromatic heterocycles. The fourth-order valence-corrected chi connectivity index (χ4v) is 9.25. The fourth-order valence-electron chi connectivity index (χ4n) is 9.25. The molecule has 9 N–H and O–H groups in total. The molecule has 4 rings (SSSR count). The number of hydrogen-bond acceptors (Lipinski definition) is 12. The second kappa shape index (κ2) is 31.8. The largest absolute Gasteiger partial charge is 0.387 e. The number of aliphatic hydroxyl groups excluding tert-OH is 1. The Balaban J connectivity index is 1.66. The van der Waals surface area contributed by atoms with Crippen LogP contribution in [0.25, 0.3) is 11.1 Å². The number of primary amides is 1. The predicted octanol–water partition coefficient (Wildman–Crippen LogP) is 3.72. The molecule has 22 heteroatoms. The topological polar surface area (TPSA) is 293 Å². The van der Waals surface area contributed by atoms with Crippen molar-refractivity contribution >= 4 is 52.9 Å². The second-order valence-electron chi connectivity index (χ2n) is 21.1. The molecule has 0 aliphatic rings. The monoisotopic (exact) mass is 1110 g/mol. The summed E-state index contributed by atoms with van der Waals surface area (Å²) in [6.07, 6.45) is 5.13. The molecule has 80 heavy (non-hydrogen) atoms. The quantitative estimate of drug-likeness (QED) is 0.0317. The lowest BCUT2D eigenvalue weighted by Crippen LogP contribution is -2.56. The Bertz CT molecular complexity index is 2750. The van der Waals surface area contributed by atoms with E-state index in [0.717, 1.165) is 36.7 Å². The number of nitrogens with one attached hydrogen (secondary N) is 6. The van der Waals surface area contributed by atoms with E-state index in [1.165, 1.54) is 38.1 Å². The van der Waals surface area contributed by atoms with Crippen molar-refractivity contribution in [2.24, 2.45) is 17.1 Å². The predicted molar refractivity (Wildman–Crippen MR) is 296 cm³/mol. The molecule has 6 atom stereocenters. The first-order valence-electron chi connectivity index (χ1n) is 26.8. The number of nitrogens with two attached hydrogens (primary N) is 1. The van der Waals surface area contributed by atoms with Crippen LogP contribution in [-0.2, 0) is 56.1 Å². The first-order chi connectivity index (χ1) is 37.9. The minimum Gasteiger partial charge on any atom is -0.387 e. The van der Waals surface area contributed by atoms with Gasteiger partial charge in [-0.2, -0.15) is 0 Å². The van der Waals surface area contributed by atoms with Gasteiger partial charge in [0.05, 0.1) is 31.0 Å². The lowest BCUT2D eigenvalue weighted by molar-refractivity contribution is -0.140. The van der Waals surface area contributed by atoms with E-state index in [2.05, 4.69) is 36.9 Å². The number of benzene rings is 2. The summed E-state index contributed by atoms with van der Waals surface area (Å²) in [5.74, 6) is -8.49. The minimum atomic E-state index is -1.68. The van der Waals surface area contributed by atoms with Crippen molar-refractivity contribution in [2.75, 3.05) is 33.3 Å². The number of rotatable bonds is 33. The maximum atomic E-state index is 15.4. The Morgan fingerprint density at radius 2 is 1.44 bits per heavy atom. The molecule has 20 nitrogen and oxygen atoms in total. The van der Waals surface area contributed by atoms with Crippen LogP contribution in [-0.4, -0.2) is 130 Å². The molecular formula is C58H78F2N10O10. The van der Waals surface area contributed by atoms with Crippen LogP contribution in [0.2, 0.25) is 0 Å². The molecular weight excluding hydrogens is 1030 g/mol. The molecule has 4 aromatic rings. The molecule has 0 radical (unpaired) electrons. The van der Waals surface area contributed by atoms with Gasteiger partial charge in [0.1, 0.15) is 30.3 Å². The minimum absolute atomic E-state index is 0.0200. The number of aliphatic hydroxyl groups is 1. The molecule has 0 fully saturated rings. The summed E-state index contributed by atoms with van der Waals surface area (Å²) in [5.41, 5.74) is 6.89. The molecule has 434 valence electrons. The lowest BCUT2D eigenvalue weighted by atomic mass is 9.82. The van der Waals surface area contributed by atoms with Crippen LogP contribution >= 0.6 is 0 Å². The summed E-state index contributed by atoms with van der Waals surface area (Å²) < 4.78 is 31.9. The third-order valence-electron chi connectivity index (χ3n) is 13.3. The number of carbonyl (C=O) groups excluding carboxylic acids is 9. The Morgan fingerprint density at radius 1 is 0.750 bits per heavy atom. The Hall–Kier alpha value is -7.72. The number of carbonyl (C=O) groups is 9. The Kier molecular flexibility index (Phi) is 25.7. The van der Waals surface area contributed by atoms with E-state index in [-0.39, 0.29) is 69.0 Å². The highest BCUT2D eigenvalue weighted by Gasteiger charge is 2.39. The lowest BCUT2D eigenvalue weighted by Gasteiger charge is -2.41. The SMILES string of the molecule is CNCCCC[C@H](NC(C)=O)C(=O)CCCNC(=O)[C@H](CCN(C(=O)CO)[C@@H](c1cc(-c2cc(F)ccc2F)cn1Cc1ccccc1)C(C)(C)C)NC(=O)[C@H](CC(N)=O)NC(=O)[C@@H](C)CC(=O)[C@H](C)NC(=O)Cc1ccncc1. The fraction of sp³-hybridized carbons (Fsp3) is 0.483. The number of pyridine rings is 1. The number of unbranched alkanes of at least 4 members (excludes halogenated alkanes) is 1. The van der Waals surface area contributed by atoms with Gasteiger partial charge in [0.25, 0.3) is 0 Å². The summed E-state index contributed by atoms with van der Waals surface area (Å²) in [6, 6.07) is 11.3. The second-order valence-corrected chi connectivity index (χ2v) is 21.1. The maximum absolute atomic E-state index is 15.4. The summed E-state index contributed by atoms with van der Waals surface area (Å²) in [4.78, 5) is 125. The zero-order valence-electron chi connectivity index (χ0n) is 46.7. The van der Waals surface area contributed by atoms with Crippen molar-refractivity contribution in [1.29, 1.82) is 0 Å². The molecule has 0 unspecified atom stereocenters. The standard InChI is InChI=1S/C58H78F2N10O10/c1-36(28-50(74)37(2)65-52(76)29-39-20-25-63-26-21-39)55(78)68-47(32-51(61)75)57(80)67-46(56(79)64-24-13-17-49(73)45(66-38(3)72)16-11-12-23-62-7)22-27-70(53(77)35-71)54(58(4,5)6)48-30-41(43-31-42(59)18-19-44(43)60)34-69(48)33-40-14-9-8-10-15-40/h8-10,14-15,18-21,25-26,30-31,34,36-37,45-47,54,62,71H,11-13,16-17,22-24,27-29,32-33,35H2,1-7H3,(H2,61,75)(H,64,79)(H,65,76)(H,66,72)(H,67,80)(H,68,78)/t36-,37-,45-,46-,47-,54-/m0/s1. The smallest absolute Gasteiger partial charge is 0.248 e. The van der Waals surface area contributed by atoms with Crippen molar-refractivity contribution in [3.8, 4) is 11.1 Å². The van der Waals surface area contributed by atoms with Gasteiger partial charge < -0.3 is 52.2 Å². The first-order valence-corrected chi connectivity index (χ1v) is 26.8. The highest BCUT2D eigenvalue weighted by molar-refractivity contribution is 5.97. The van der Waals surface area contributed by atoms with Crippen molar-refractivity contribution < 1.29 is 57.0 Å². The number of aromatic nitrogens is 2. The van der Waals surface area contributed by atoms with E-state index in [1.807, 2.05) is 51.1 Å². The molecule has 2 aromatic carbocycles. The molecule has 0 aliphatic carbocycles. The summed E-state index contributed by atoms with van der Waals surface area (Å²) in [7, 11) is 1.81. The first kappa shape index (κ1) is 64.8. The van der Waals surface area contributed by atoms with Crippen molar-refractivity contribution in [3.05, 3.63) is 114 Å². The number of hydrogen-bond donors (Lipinski definition) is 8. The van der Waals surface area contributed by atoms with E-state index in [0.29, 0.717) is 29.7 Å². The average Bonchev–Trinajstić information content (AvgIpc) is 3.82. The van der Waals surface area contributed by atoms with Gasteiger partial charge in [-0.1, -0.05) is 58.0 Å². The average molecular weight is 1110 g/mol. The van der Waals surface area contributed by atoms with Gasteiger partial charge in [-0.3, -0.25) is 48.1 Å². The van der Waals surface area contributed by atoms with Crippen molar-refractivity contribution in [2.45, 2.75) is 136 Å². The summed E-state index contributed by atoms with van der Waals surface area (Å²) in [6.45, 7) is 9.21. The van der Waals surface area contributed by atoms with Crippen LogP contribution in [0.4, 0.5) is 8.78 Å². The van der Waals surface area contributed by atoms with E-state index in [1.54, 1.807) is 36.0 Å². The molecule has 0 spiro atoms. The van der Waals surface area contributed by atoms with Gasteiger partial charge in [-0.15, -0.1) is 0 Å². The molecule has 0 saturated carbocycles. The number of amides is 7. The third-order valence-corrected chi connectivity index (χ3v) is 13.3. The van der Waals surface area contributed by atoms with Gasteiger partial charge in [0, 0.05) is 80.7 Å². The van der Waals surface area contributed by atoms with Gasteiger partial charge >= 0.3 is 0 Å². The number of Topliss-reactive ketones (excluding diaryl/α,β-unsaturated/α-hetero) is 2. The summed E-state index contributed by atoms with van der Waals surface area (Å²) in [5, 5.41) is 26.7. The van der Waals surface area contributed by atoms with E-state index in [4.69, 9.17) is 5.73 Å². The molecule has 0 saturated heterocycles. The number of halogens is 2. The van der Waals surface area contributed by atoms with Gasteiger partial charge in [0.15, 0.2) is 11.6 Å². The zero-order chi connectivity index (χ0) is 59.1. The maximum Gasteiger partial charge on any atom is 0.248 e. The molecule has 2 heterocycles. The molecule has 0 aliphatic heterocycles. The molecule has 7 amide bonds. The van der Waals surface area contributed by atoms with Gasteiger partial charge in [-0.25, -0.2) is 8.78 Å². The van der Waals surface area contributed by atoms with Gasteiger partial charge in [0.2, 0.25) is 41.4 Å². The van der Waals surface area contributed by atoms with Gasteiger partial charge in [-0.05, 0) is 106 Å². The zero-order valence-corrected chi connectivity index (χ0v) is 46.7. The summed E-state index contributed by atoms with van der Waals surface area (Å²) >= 11 is 0. The molecule has 0 bridgehead atoms. The van der Waals surface area contributed by atoms with E-state index < -0.39 is 107 Å². The van der Waals surface area contributed by atoms with Crippen molar-refractivity contribution in [1.82, 2.24) is 46.4 Å². The van der Waals surface area contributed by atoms with Crippen LogP contribution in [0, 0.1) is 23.0 Å². The van der Waals surface area contributed by atoms with Crippen LogP contribution < -0.4 is 37.6 Å². The van der Waals surface area contributed by atoms with E-state index >= 15 is 4.39 Å². The van der Waals surface area contributed by atoms with E-state index in [9.17, 15) is 52.6 Å². The Morgan fingerprint density at radius 3 is 2.08 bits per heavy atom. The number of nitrogens with zero attached hydrogens (tertiary/aromatic N) is 3. The normalized spacial score (nSPS) is 13.6. The van der Waals surface area contributed by atoms with Crippen LogP contribution in [0.5, 0.6) is 0 Å². The van der Waals surface area contributed by atoms with Crippen LogP contribution in [0.1, 0.15) is 116 Å². The third kappa shape index (κ3) is 20.8. The highest BCUT2D eigenvalue weighted by atomic mass is 19.1. The highest BCUT2D eigenvalue weighted by Crippen LogP contribution is 2.41. The number of ketones is 2. The van der Waals surface area contributed by atoms with Crippen LogP contribution in [0.3, 0.4) is 0 Å². The Labute approximate surface area is 466 Å². The van der Waals surface area contributed by atoms with Crippen LogP contribution in [0.15, 0.2) is 85.3 Å². The van der Waals surface area contributed by atoms with Crippen molar-refractivity contribution in [3.63, 3.8) is 0 Å².